The van der Waals surface area contributed by atoms with Crippen LogP contribution in [-0.4, -0.2) is 18.0 Å². The fourth-order valence-corrected chi connectivity index (χ4v) is 4.85. The topological polar surface area (TPSA) is 55.8 Å². The maximum atomic E-state index is 11.8. The van der Waals surface area contributed by atoms with Gasteiger partial charge in [-0.2, -0.15) is 0 Å². The third-order valence-corrected chi connectivity index (χ3v) is 7.19. The van der Waals surface area contributed by atoms with Crippen molar-refractivity contribution in [2.75, 3.05) is 4.90 Å². The summed E-state index contributed by atoms with van der Waals surface area (Å²) in [5, 5.41) is 0. The van der Waals surface area contributed by atoms with E-state index in [9.17, 15) is 9.59 Å². The molecule has 0 aromatic heterocycles. The van der Waals surface area contributed by atoms with Crippen molar-refractivity contribution < 1.29 is 19.1 Å². The molecule has 0 amide bonds. The van der Waals surface area contributed by atoms with Gasteiger partial charge in [0.25, 0.3) is 0 Å². The third-order valence-electron chi connectivity index (χ3n) is 7.19. The predicted molar refractivity (Wildman–Crippen MR) is 173 cm³/mol. The number of allylic oxidation sites excluding steroid dienone is 2. The molecule has 0 aliphatic heterocycles. The molecule has 1 aliphatic carbocycles. The highest BCUT2D eigenvalue weighted by Gasteiger charge is 2.21. The molecule has 4 aromatic rings. The Balaban J connectivity index is 1.35. The van der Waals surface area contributed by atoms with Gasteiger partial charge in [-0.3, -0.25) is 0 Å². The number of benzene rings is 4. The van der Waals surface area contributed by atoms with Crippen molar-refractivity contribution in [3.63, 3.8) is 0 Å². The summed E-state index contributed by atoms with van der Waals surface area (Å²) in [6, 6.07) is 32.2. The van der Waals surface area contributed by atoms with Gasteiger partial charge >= 0.3 is 11.9 Å². The standard InChI is InChI=1S/C38H33NO4/c1-5-37(40)42-35-22-12-30(13-23-35)28-8-18-33(19-9-28)39(32-16-6-27(4)7-17-32)34-20-10-29(11-21-34)31-14-24-36(25-15-31)43-38(41)26(2)3/h5-20,22-25,34H,1-2,21H2,3-4H3. The van der Waals surface area contributed by atoms with E-state index < -0.39 is 11.9 Å². The minimum atomic E-state index is -0.480. The highest BCUT2D eigenvalue weighted by Crippen LogP contribution is 2.35. The van der Waals surface area contributed by atoms with Crippen LogP contribution in [0.3, 0.4) is 0 Å². The first-order valence-electron chi connectivity index (χ1n) is 14.1. The van der Waals surface area contributed by atoms with Crippen molar-refractivity contribution in [1.82, 2.24) is 0 Å². The first-order valence-corrected chi connectivity index (χ1v) is 14.1. The summed E-state index contributed by atoms with van der Waals surface area (Å²) in [7, 11) is 0. The van der Waals surface area contributed by atoms with Crippen molar-refractivity contribution in [3.8, 4) is 22.6 Å². The molecule has 0 saturated heterocycles. The molecular formula is C38H33NO4. The number of carbonyl (C=O) groups is 2. The van der Waals surface area contributed by atoms with Crippen molar-refractivity contribution in [2.24, 2.45) is 0 Å². The SMILES string of the molecule is C=CC(=O)Oc1ccc(-c2ccc(N(c3ccc(C)cc3)C3C=CC(c4ccc(OC(=O)C(=C)C)cc4)=CC3)cc2)cc1. The molecule has 0 fully saturated rings. The maximum Gasteiger partial charge on any atom is 0.338 e. The highest BCUT2D eigenvalue weighted by atomic mass is 16.5. The average Bonchev–Trinajstić information content (AvgIpc) is 3.03. The summed E-state index contributed by atoms with van der Waals surface area (Å²) >= 11 is 0. The van der Waals surface area contributed by atoms with E-state index in [2.05, 4.69) is 91.7 Å². The van der Waals surface area contributed by atoms with Crippen molar-refractivity contribution >= 4 is 28.9 Å². The fraction of sp³-hybridized carbons (Fsp3) is 0.105. The summed E-state index contributed by atoms with van der Waals surface area (Å²) in [5.74, 6) is 0.0677. The van der Waals surface area contributed by atoms with E-state index in [-0.39, 0.29) is 6.04 Å². The zero-order chi connectivity index (χ0) is 30.3. The summed E-state index contributed by atoms with van der Waals surface area (Å²) in [6.45, 7) is 10.8. The average molecular weight is 568 g/mol. The van der Waals surface area contributed by atoms with Gasteiger partial charge in [0.15, 0.2) is 0 Å². The zero-order valence-electron chi connectivity index (χ0n) is 24.3. The normalized spacial score (nSPS) is 13.9. The molecule has 5 rings (SSSR count). The van der Waals surface area contributed by atoms with Gasteiger partial charge in [0, 0.05) is 23.0 Å². The molecule has 0 saturated carbocycles. The van der Waals surface area contributed by atoms with Crippen LogP contribution in [0.2, 0.25) is 0 Å². The Morgan fingerprint density at radius 2 is 1.28 bits per heavy atom. The van der Waals surface area contributed by atoms with E-state index in [0.29, 0.717) is 17.1 Å². The Morgan fingerprint density at radius 1 is 0.767 bits per heavy atom. The second kappa shape index (κ2) is 13.0. The molecule has 5 nitrogen and oxygen atoms in total. The molecular weight excluding hydrogens is 534 g/mol. The molecule has 43 heavy (non-hydrogen) atoms. The Morgan fingerprint density at radius 3 is 1.79 bits per heavy atom. The summed E-state index contributed by atoms with van der Waals surface area (Å²) in [4.78, 5) is 25.7. The van der Waals surface area contributed by atoms with E-state index in [1.807, 2.05) is 24.3 Å². The highest BCUT2D eigenvalue weighted by molar-refractivity contribution is 5.89. The van der Waals surface area contributed by atoms with Crippen LogP contribution >= 0.6 is 0 Å². The van der Waals surface area contributed by atoms with Crippen LogP contribution in [0.15, 0.2) is 140 Å². The molecule has 0 radical (unpaired) electrons. The second-order valence-electron chi connectivity index (χ2n) is 10.4. The predicted octanol–water partition coefficient (Wildman–Crippen LogP) is 8.79. The molecule has 0 heterocycles. The summed E-state index contributed by atoms with van der Waals surface area (Å²) < 4.78 is 10.5. The Kier molecular flexibility index (Phi) is 8.82. The molecule has 214 valence electrons. The van der Waals surface area contributed by atoms with Crippen molar-refractivity contribution in [2.45, 2.75) is 26.3 Å². The number of aryl methyl sites for hydroxylation is 1. The number of anilines is 2. The third kappa shape index (κ3) is 7.08. The molecule has 1 unspecified atom stereocenters. The number of ether oxygens (including phenoxy) is 2. The lowest BCUT2D eigenvalue weighted by molar-refractivity contribution is -0.130. The van der Waals surface area contributed by atoms with E-state index >= 15 is 0 Å². The summed E-state index contributed by atoms with van der Waals surface area (Å²) in [6.07, 6.45) is 8.60. The molecule has 5 heteroatoms. The van der Waals surface area contributed by atoms with Gasteiger partial charge in [0.1, 0.15) is 11.5 Å². The van der Waals surface area contributed by atoms with Gasteiger partial charge in [0.05, 0.1) is 6.04 Å². The minimum absolute atomic E-state index is 0.118. The smallest absolute Gasteiger partial charge is 0.338 e. The van der Waals surface area contributed by atoms with Crippen LogP contribution in [-0.2, 0) is 9.59 Å². The lowest BCUT2D eigenvalue weighted by Crippen LogP contribution is -2.30. The van der Waals surface area contributed by atoms with Crippen LogP contribution in [0, 0.1) is 6.92 Å². The van der Waals surface area contributed by atoms with E-state index in [0.717, 1.165) is 46.1 Å². The fourth-order valence-electron chi connectivity index (χ4n) is 4.85. The zero-order valence-corrected chi connectivity index (χ0v) is 24.3. The molecule has 1 atom stereocenters. The van der Waals surface area contributed by atoms with Crippen LogP contribution in [0.1, 0.15) is 24.5 Å². The quantitative estimate of drug-likeness (QED) is 0.115. The van der Waals surface area contributed by atoms with E-state index in [4.69, 9.17) is 9.47 Å². The number of carbonyl (C=O) groups excluding carboxylic acids is 2. The van der Waals surface area contributed by atoms with Gasteiger partial charge in [-0.05, 0) is 91.1 Å². The van der Waals surface area contributed by atoms with Gasteiger partial charge in [-0.15, -0.1) is 0 Å². The number of rotatable bonds is 9. The first-order chi connectivity index (χ1) is 20.8. The lowest BCUT2D eigenvalue weighted by atomic mass is 9.95. The molecule has 0 bridgehead atoms. The minimum Gasteiger partial charge on any atom is -0.423 e. The molecule has 1 aliphatic rings. The van der Waals surface area contributed by atoms with Crippen LogP contribution in [0.25, 0.3) is 16.7 Å². The van der Waals surface area contributed by atoms with Crippen molar-refractivity contribution in [3.05, 3.63) is 151 Å². The van der Waals surface area contributed by atoms with Gasteiger partial charge in [-0.25, -0.2) is 9.59 Å². The Bertz CT molecular complexity index is 1690. The molecule has 0 spiro atoms. The number of hydrogen-bond acceptors (Lipinski definition) is 5. The summed E-state index contributed by atoms with van der Waals surface area (Å²) in [5.41, 5.74) is 8.03. The Labute approximate surface area is 252 Å². The first kappa shape index (κ1) is 29.1. The number of hydrogen-bond donors (Lipinski definition) is 0. The maximum absolute atomic E-state index is 11.8. The van der Waals surface area contributed by atoms with E-state index in [1.54, 1.807) is 31.2 Å². The van der Waals surface area contributed by atoms with Gasteiger partial charge in [-0.1, -0.05) is 85.5 Å². The van der Waals surface area contributed by atoms with Crippen molar-refractivity contribution in [1.29, 1.82) is 0 Å². The van der Waals surface area contributed by atoms with E-state index in [1.165, 1.54) is 5.56 Å². The second-order valence-corrected chi connectivity index (χ2v) is 10.4. The van der Waals surface area contributed by atoms with Crippen LogP contribution in [0.5, 0.6) is 11.5 Å². The van der Waals surface area contributed by atoms with Gasteiger partial charge < -0.3 is 14.4 Å². The van der Waals surface area contributed by atoms with Gasteiger partial charge in [0.2, 0.25) is 0 Å². The lowest BCUT2D eigenvalue weighted by Gasteiger charge is -2.33. The number of esters is 2. The Hall–Kier alpha value is -5.42. The van der Waals surface area contributed by atoms with Crippen LogP contribution < -0.4 is 14.4 Å². The number of nitrogens with zero attached hydrogens (tertiary/aromatic N) is 1. The molecule has 4 aromatic carbocycles. The molecule has 0 N–H and O–H groups in total. The van der Waals surface area contributed by atoms with Crippen LogP contribution in [0.4, 0.5) is 11.4 Å². The largest absolute Gasteiger partial charge is 0.423 e. The monoisotopic (exact) mass is 567 g/mol.